The van der Waals surface area contributed by atoms with Gasteiger partial charge in [-0.25, -0.2) is 0 Å². The highest BCUT2D eigenvalue weighted by atomic mass is 16.5. The quantitative estimate of drug-likeness (QED) is 0.919. The molecule has 0 unspecified atom stereocenters. The van der Waals surface area contributed by atoms with Gasteiger partial charge in [0, 0.05) is 12.1 Å². The number of hydrogen-bond donors (Lipinski definition) is 1. The Morgan fingerprint density at radius 2 is 2.04 bits per heavy atom. The third-order valence-corrected chi connectivity index (χ3v) is 4.42. The van der Waals surface area contributed by atoms with Gasteiger partial charge >= 0.3 is 0 Å². The largest absolute Gasteiger partial charge is 0.496 e. The van der Waals surface area contributed by atoms with E-state index in [1.807, 2.05) is 49.4 Å². The molecule has 0 saturated carbocycles. The van der Waals surface area contributed by atoms with Gasteiger partial charge in [0.1, 0.15) is 5.75 Å². The number of ether oxygens (including phenoxy) is 1. The average Bonchev–Trinajstić information content (AvgIpc) is 2.89. The third-order valence-electron chi connectivity index (χ3n) is 4.42. The summed E-state index contributed by atoms with van der Waals surface area (Å²) in [7, 11) is 1.61. The lowest BCUT2D eigenvalue weighted by Gasteiger charge is -2.28. The molecule has 2 amide bonds. The number of carbonyl (C=O) groups is 2. The SMILES string of the molecule is COc1ccc([C@H](CC(N)=O)N2Cc3ccccc3C2=O)cc1C. The van der Waals surface area contributed by atoms with Crippen LogP contribution >= 0.6 is 0 Å². The second-order valence-corrected chi connectivity index (χ2v) is 6.01. The van der Waals surface area contributed by atoms with Gasteiger partial charge in [-0.2, -0.15) is 0 Å². The van der Waals surface area contributed by atoms with Crippen LogP contribution in [-0.4, -0.2) is 23.8 Å². The Morgan fingerprint density at radius 1 is 1.29 bits per heavy atom. The van der Waals surface area contributed by atoms with Crippen molar-refractivity contribution in [1.29, 1.82) is 0 Å². The Labute approximate surface area is 141 Å². The maximum absolute atomic E-state index is 12.8. The number of carbonyl (C=O) groups excluding carboxylic acids is 2. The molecular weight excluding hydrogens is 304 g/mol. The molecule has 0 bridgehead atoms. The Hall–Kier alpha value is -2.82. The van der Waals surface area contributed by atoms with Crippen LogP contribution in [0.4, 0.5) is 0 Å². The highest BCUT2D eigenvalue weighted by Gasteiger charge is 2.34. The molecule has 5 nitrogen and oxygen atoms in total. The molecule has 2 N–H and O–H groups in total. The monoisotopic (exact) mass is 324 g/mol. The minimum absolute atomic E-state index is 0.0645. The lowest BCUT2D eigenvalue weighted by atomic mass is 9.99. The molecule has 0 spiro atoms. The van der Waals surface area contributed by atoms with Gasteiger partial charge in [0.15, 0.2) is 0 Å². The predicted molar refractivity (Wildman–Crippen MR) is 90.6 cm³/mol. The lowest BCUT2D eigenvalue weighted by molar-refractivity contribution is -0.119. The summed E-state index contributed by atoms with van der Waals surface area (Å²) in [6.45, 7) is 2.42. The van der Waals surface area contributed by atoms with E-state index in [1.54, 1.807) is 12.0 Å². The van der Waals surface area contributed by atoms with Crippen molar-refractivity contribution in [2.45, 2.75) is 25.9 Å². The van der Waals surface area contributed by atoms with E-state index >= 15 is 0 Å². The first-order valence-corrected chi connectivity index (χ1v) is 7.83. The molecular formula is C19H20N2O3. The lowest BCUT2D eigenvalue weighted by Crippen LogP contribution is -2.32. The van der Waals surface area contributed by atoms with Crippen molar-refractivity contribution in [2.24, 2.45) is 5.73 Å². The number of primary amides is 1. The molecule has 124 valence electrons. The molecule has 5 heteroatoms. The van der Waals surface area contributed by atoms with Gasteiger partial charge in [-0.3, -0.25) is 9.59 Å². The van der Waals surface area contributed by atoms with E-state index in [2.05, 4.69) is 0 Å². The Morgan fingerprint density at radius 3 is 2.67 bits per heavy atom. The van der Waals surface area contributed by atoms with E-state index in [9.17, 15) is 9.59 Å². The Kier molecular flexibility index (Phi) is 4.25. The summed E-state index contributed by atoms with van der Waals surface area (Å²) in [5.41, 5.74) is 8.94. The number of nitrogens with zero attached hydrogens (tertiary/aromatic N) is 1. The summed E-state index contributed by atoms with van der Waals surface area (Å²) in [6.07, 6.45) is 0.0888. The summed E-state index contributed by atoms with van der Waals surface area (Å²) in [5, 5.41) is 0. The molecule has 0 fully saturated rings. The minimum Gasteiger partial charge on any atom is -0.496 e. The third kappa shape index (κ3) is 2.85. The van der Waals surface area contributed by atoms with Crippen LogP contribution in [0.15, 0.2) is 42.5 Å². The molecule has 1 aliphatic rings. The van der Waals surface area contributed by atoms with Gasteiger partial charge in [-0.15, -0.1) is 0 Å². The fourth-order valence-corrected chi connectivity index (χ4v) is 3.24. The molecule has 2 aromatic carbocycles. The van der Waals surface area contributed by atoms with E-state index in [1.165, 1.54) is 0 Å². The molecule has 1 atom stereocenters. The first kappa shape index (κ1) is 16.1. The maximum atomic E-state index is 12.8. The van der Waals surface area contributed by atoms with Crippen LogP contribution in [0.1, 0.15) is 39.5 Å². The molecule has 3 rings (SSSR count). The number of rotatable bonds is 5. The molecule has 1 heterocycles. The summed E-state index contributed by atoms with van der Waals surface area (Å²) in [6, 6.07) is 12.8. The zero-order valence-corrected chi connectivity index (χ0v) is 13.8. The van der Waals surface area contributed by atoms with Crippen molar-refractivity contribution in [1.82, 2.24) is 4.90 Å². The van der Waals surface area contributed by atoms with Gasteiger partial charge in [0.2, 0.25) is 5.91 Å². The van der Waals surface area contributed by atoms with E-state index in [4.69, 9.17) is 10.5 Å². The number of nitrogens with two attached hydrogens (primary N) is 1. The van der Waals surface area contributed by atoms with E-state index in [0.717, 1.165) is 22.4 Å². The fraction of sp³-hybridized carbons (Fsp3) is 0.263. The van der Waals surface area contributed by atoms with Gasteiger partial charge in [0.25, 0.3) is 5.91 Å². The van der Waals surface area contributed by atoms with Gasteiger partial charge in [-0.05, 0) is 35.7 Å². The maximum Gasteiger partial charge on any atom is 0.255 e. The fourth-order valence-electron chi connectivity index (χ4n) is 3.24. The van der Waals surface area contributed by atoms with Crippen LogP contribution in [0.25, 0.3) is 0 Å². The van der Waals surface area contributed by atoms with Crippen molar-refractivity contribution in [2.75, 3.05) is 7.11 Å². The number of aryl methyl sites for hydroxylation is 1. The first-order valence-electron chi connectivity index (χ1n) is 7.83. The molecule has 24 heavy (non-hydrogen) atoms. The molecule has 0 radical (unpaired) electrons. The Bertz CT molecular complexity index is 801. The molecule has 1 aliphatic heterocycles. The Balaban J connectivity index is 1.98. The second kappa shape index (κ2) is 6.35. The second-order valence-electron chi connectivity index (χ2n) is 6.01. The zero-order valence-electron chi connectivity index (χ0n) is 13.8. The summed E-state index contributed by atoms with van der Waals surface area (Å²) in [4.78, 5) is 26.1. The standard InChI is InChI=1S/C19H20N2O3/c1-12-9-13(7-8-17(12)24-2)16(10-18(20)22)21-11-14-5-3-4-6-15(14)19(21)23/h3-9,16H,10-11H2,1-2H3,(H2,20,22)/t16-/m0/s1. The topological polar surface area (TPSA) is 72.6 Å². The van der Waals surface area contributed by atoms with E-state index < -0.39 is 5.91 Å². The first-order chi connectivity index (χ1) is 11.5. The molecule has 0 aliphatic carbocycles. The van der Waals surface area contributed by atoms with Gasteiger partial charge in [-0.1, -0.05) is 30.3 Å². The van der Waals surface area contributed by atoms with Crippen LogP contribution in [0.5, 0.6) is 5.75 Å². The highest BCUT2D eigenvalue weighted by Crippen LogP contribution is 2.34. The zero-order chi connectivity index (χ0) is 17.3. The van der Waals surface area contributed by atoms with Gasteiger partial charge in [0.05, 0.1) is 19.6 Å². The van der Waals surface area contributed by atoms with E-state index in [0.29, 0.717) is 12.1 Å². The summed E-state index contributed by atoms with van der Waals surface area (Å²) < 4.78 is 5.29. The highest BCUT2D eigenvalue weighted by molar-refractivity contribution is 5.98. The van der Waals surface area contributed by atoms with E-state index in [-0.39, 0.29) is 18.4 Å². The van der Waals surface area contributed by atoms with Crippen LogP contribution < -0.4 is 10.5 Å². The van der Waals surface area contributed by atoms with Crippen LogP contribution in [0, 0.1) is 6.92 Å². The molecule has 0 aromatic heterocycles. The van der Waals surface area contributed by atoms with Crippen molar-refractivity contribution in [3.63, 3.8) is 0 Å². The van der Waals surface area contributed by atoms with Crippen molar-refractivity contribution >= 4 is 11.8 Å². The molecule has 0 saturated heterocycles. The van der Waals surface area contributed by atoms with Crippen molar-refractivity contribution < 1.29 is 14.3 Å². The molecule has 2 aromatic rings. The number of benzene rings is 2. The average molecular weight is 324 g/mol. The summed E-state index contributed by atoms with van der Waals surface area (Å²) in [5.74, 6) is 0.273. The smallest absolute Gasteiger partial charge is 0.255 e. The van der Waals surface area contributed by atoms with Gasteiger partial charge < -0.3 is 15.4 Å². The number of methoxy groups -OCH3 is 1. The van der Waals surface area contributed by atoms with Crippen molar-refractivity contribution in [3.05, 3.63) is 64.7 Å². The van der Waals surface area contributed by atoms with Crippen LogP contribution in [-0.2, 0) is 11.3 Å². The van der Waals surface area contributed by atoms with Crippen molar-refractivity contribution in [3.8, 4) is 5.75 Å². The number of amides is 2. The van der Waals surface area contributed by atoms with Crippen LogP contribution in [0.3, 0.4) is 0 Å². The summed E-state index contributed by atoms with van der Waals surface area (Å²) >= 11 is 0. The predicted octanol–water partition coefficient (Wildman–Crippen LogP) is 2.58. The van der Waals surface area contributed by atoms with Crippen LogP contribution in [0.2, 0.25) is 0 Å². The normalized spacial score (nSPS) is 14.4. The number of fused-ring (bicyclic) bond motifs is 1. The minimum atomic E-state index is -0.433. The number of hydrogen-bond acceptors (Lipinski definition) is 3.